The smallest absolute Gasteiger partial charge is 0.277 e. The molecule has 7 nitrogen and oxygen atoms in total. The first-order valence-electron chi connectivity index (χ1n) is 8.05. The zero-order chi connectivity index (χ0) is 19.2. The van der Waals surface area contributed by atoms with E-state index in [0.717, 1.165) is 0 Å². The van der Waals surface area contributed by atoms with Gasteiger partial charge in [0.15, 0.2) is 6.61 Å². The molecule has 0 fully saturated rings. The van der Waals surface area contributed by atoms with Gasteiger partial charge in [-0.15, -0.1) is 0 Å². The molecule has 0 aromatic heterocycles. The minimum atomic E-state index is -0.491. The van der Waals surface area contributed by atoms with Crippen molar-refractivity contribution in [2.24, 2.45) is 5.10 Å². The monoisotopic (exact) mass is 355 g/mol. The van der Waals surface area contributed by atoms with Crippen LogP contribution in [0.1, 0.15) is 31.9 Å². The summed E-state index contributed by atoms with van der Waals surface area (Å²) in [5.41, 5.74) is 4.02. The van der Waals surface area contributed by atoms with Crippen molar-refractivity contribution in [3.05, 3.63) is 69.8 Å². The van der Waals surface area contributed by atoms with Crippen LogP contribution >= 0.6 is 0 Å². The number of carbonyl (C=O) groups is 1. The van der Waals surface area contributed by atoms with Crippen LogP contribution in [0.5, 0.6) is 5.75 Å². The van der Waals surface area contributed by atoms with Crippen LogP contribution in [-0.4, -0.2) is 23.7 Å². The molecule has 7 heteroatoms. The lowest BCUT2D eigenvalue weighted by Crippen LogP contribution is -2.24. The predicted octanol–water partition coefficient (Wildman–Crippen LogP) is 3.42. The van der Waals surface area contributed by atoms with Crippen LogP contribution in [0.4, 0.5) is 5.69 Å². The molecule has 0 spiro atoms. The van der Waals surface area contributed by atoms with Crippen LogP contribution in [0.25, 0.3) is 0 Å². The average Bonchev–Trinajstić information content (AvgIpc) is 2.60. The van der Waals surface area contributed by atoms with Crippen LogP contribution < -0.4 is 10.2 Å². The summed E-state index contributed by atoms with van der Waals surface area (Å²) in [6.07, 6.45) is 1.34. The van der Waals surface area contributed by atoms with Crippen molar-refractivity contribution in [1.29, 1.82) is 0 Å². The highest BCUT2D eigenvalue weighted by molar-refractivity contribution is 5.83. The second-order valence-corrected chi connectivity index (χ2v) is 6.71. The number of nitro benzene ring substituents is 1. The normalized spacial score (nSPS) is 11.3. The number of non-ortho nitro benzene ring substituents is 1. The van der Waals surface area contributed by atoms with Gasteiger partial charge in [-0.25, -0.2) is 5.43 Å². The Morgan fingerprint density at radius 1 is 1.23 bits per heavy atom. The average molecular weight is 355 g/mol. The standard InChI is InChI=1S/C19H21N3O4/c1-19(2,3)15-7-9-17(10-8-15)26-13-18(23)21-20-12-14-5-4-6-16(11-14)22(24)25/h4-12H,13H2,1-3H3,(H,21,23)/b20-12-. The second-order valence-electron chi connectivity index (χ2n) is 6.71. The Hall–Kier alpha value is -3.22. The summed E-state index contributed by atoms with van der Waals surface area (Å²) in [5.74, 6) is 0.169. The molecule has 1 amide bonds. The van der Waals surface area contributed by atoms with Gasteiger partial charge in [-0.1, -0.05) is 45.0 Å². The molecular formula is C19H21N3O4. The maximum absolute atomic E-state index is 11.7. The molecule has 2 aromatic carbocycles. The fourth-order valence-corrected chi connectivity index (χ4v) is 2.13. The molecule has 0 saturated heterocycles. The Morgan fingerprint density at radius 2 is 1.92 bits per heavy atom. The van der Waals surface area contributed by atoms with Crippen LogP contribution in [-0.2, 0) is 10.2 Å². The maximum Gasteiger partial charge on any atom is 0.277 e. The summed E-state index contributed by atoms with van der Waals surface area (Å²) in [4.78, 5) is 22.0. The van der Waals surface area contributed by atoms with E-state index in [1.165, 1.54) is 23.9 Å². The van der Waals surface area contributed by atoms with Gasteiger partial charge in [0.05, 0.1) is 11.1 Å². The molecule has 136 valence electrons. The van der Waals surface area contributed by atoms with Crippen LogP contribution in [0.15, 0.2) is 53.6 Å². The highest BCUT2D eigenvalue weighted by Gasteiger charge is 2.13. The van der Waals surface area contributed by atoms with E-state index in [1.54, 1.807) is 12.1 Å². The van der Waals surface area contributed by atoms with E-state index in [1.807, 2.05) is 24.3 Å². The van der Waals surface area contributed by atoms with Crippen molar-refractivity contribution in [1.82, 2.24) is 5.43 Å². The third kappa shape index (κ3) is 5.70. The molecule has 0 aliphatic heterocycles. The van der Waals surface area contributed by atoms with Gasteiger partial charge in [0.2, 0.25) is 0 Å². The van der Waals surface area contributed by atoms with E-state index in [0.29, 0.717) is 11.3 Å². The molecule has 0 aliphatic rings. The van der Waals surface area contributed by atoms with Gasteiger partial charge in [0, 0.05) is 17.7 Å². The Balaban J connectivity index is 1.83. The number of ether oxygens (including phenoxy) is 1. The van der Waals surface area contributed by atoms with E-state index in [-0.39, 0.29) is 17.7 Å². The second kappa shape index (κ2) is 8.24. The third-order valence-corrected chi connectivity index (χ3v) is 3.57. The fraction of sp³-hybridized carbons (Fsp3) is 0.263. The molecule has 2 rings (SSSR count). The van der Waals surface area contributed by atoms with E-state index in [4.69, 9.17) is 4.74 Å². The van der Waals surface area contributed by atoms with Crippen molar-refractivity contribution in [2.45, 2.75) is 26.2 Å². The van der Waals surface area contributed by atoms with Gasteiger partial charge in [0.25, 0.3) is 11.6 Å². The first-order chi connectivity index (χ1) is 12.3. The van der Waals surface area contributed by atoms with Crippen molar-refractivity contribution in [2.75, 3.05) is 6.61 Å². The molecular weight excluding hydrogens is 334 g/mol. The number of amides is 1. The first kappa shape index (κ1) is 19.1. The van der Waals surface area contributed by atoms with E-state index >= 15 is 0 Å². The molecule has 0 saturated carbocycles. The lowest BCUT2D eigenvalue weighted by Gasteiger charge is -2.19. The van der Waals surface area contributed by atoms with Gasteiger partial charge >= 0.3 is 0 Å². The van der Waals surface area contributed by atoms with Gasteiger partial charge in [-0.05, 0) is 23.1 Å². The minimum absolute atomic E-state index is 0.0395. The van der Waals surface area contributed by atoms with Crippen LogP contribution in [0, 0.1) is 10.1 Å². The third-order valence-electron chi connectivity index (χ3n) is 3.57. The summed E-state index contributed by atoms with van der Waals surface area (Å²) in [5, 5.41) is 14.5. The molecule has 0 heterocycles. The Morgan fingerprint density at radius 3 is 2.54 bits per heavy atom. The van der Waals surface area contributed by atoms with Crippen molar-refractivity contribution < 1.29 is 14.5 Å². The molecule has 0 radical (unpaired) electrons. The van der Waals surface area contributed by atoms with Crippen molar-refractivity contribution in [3.63, 3.8) is 0 Å². The molecule has 1 N–H and O–H groups in total. The summed E-state index contributed by atoms with van der Waals surface area (Å²) >= 11 is 0. The van der Waals surface area contributed by atoms with Crippen molar-refractivity contribution >= 4 is 17.8 Å². The van der Waals surface area contributed by atoms with Gasteiger partial charge < -0.3 is 4.74 Å². The number of hydrogen-bond donors (Lipinski definition) is 1. The number of benzene rings is 2. The topological polar surface area (TPSA) is 93.8 Å². The number of rotatable bonds is 6. The van der Waals surface area contributed by atoms with E-state index in [9.17, 15) is 14.9 Å². The largest absolute Gasteiger partial charge is 0.484 e. The lowest BCUT2D eigenvalue weighted by atomic mass is 9.87. The van der Waals surface area contributed by atoms with Crippen molar-refractivity contribution in [3.8, 4) is 5.75 Å². The minimum Gasteiger partial charge on any atom is -0.484 e. The zero-order valence-electron chi connectivity index (χ0n) is 14.9. The van der Waals surface area contributed by atoms with E-state index in [2.05, 4.69) is 31.3 Å². The molecule has 26 heavy (non-hydrogen) atoms. The summed E-state index contributed by atoms with van der Waals surface area (Å²) in [7, 11) is 0. The molecule has 0 unspecified atom stereocenters. The Labute approximate surface area is 151 Å². The van der Waals surface area contributed by atoms with Crippen LogP contribution in [0.2, 0.25) is 0 Å². The van der Waals surface area contributed by atoms with Crippen LogP contribution in [0.3, 0.4) is 0 Å². The van der Waals surface area contributed by atoms with Gasteiger partial charge in [-0.2, -0.15) is 5.10 Å². The number of nitrogens with one attached hydrogen (secondary N) is 1. The Kier molecular flexibility index (Phi) is 6.06. The Bertz CT molecular complexity index is 808. The number of nitrogens with zero attached hydrogens (tertiary/aromatic N) is 2. The maximum atomic E-state index is 11.7. The first-order valence-corrected chi connectivity index (χ1v) is 8.05. The zero-order valence-corrected chi connectivity index (χ0v) is 14.9. The highest BCUT2D eigenvalue weighted by atomic mass is 16.6. The molecule has 0 bridgehead atoms. The van der Waals surface area contributed by atoms with E-state index < -0.39 is 10.8 Å². The fourth-order valence-electron chi connectivity index (χ4n) is 2.13. The van der Waals surface area contributed by atoms with Gasteiger partial charge in [0.1, 0.15) is 5.75 Å². The number of nitro groups is 1. The predicted molar refractivity (Wildman–Crippen MR) is 99.5 cm³/mol. The number of carbonyl (C=O) groups excluding carboxylic acids is 1. The SMILES string of the molecule is CC(C)(C)c1ccc(OCC(=O)N/N=C\c2cccc([N+](=O)[O-])c2)cc1. The van der Waals surface area contributed by atoms with Gasteiger partial charge in [-0.3, -0.25) is 14.9 Å². The number of hydrogen-bond acceptors (Lipinski definition) is 5. The molecule has 0 atom stereocenters. The molecule has 0 aliphatic carbocycles. The summed E-state index contributed by atoms with van der Waals surface area (Å²) < 4.78 is 5.41. The summed E-state index contributed by atoms with van der Waals surface area (Å²) in [6.45, 7) is 6.18. The molecule has 2 aromatic rings. The quantitative estimate of drug-likeness (QED) is 0.488. The lowest BCUT2D eigenvalue weighted by molar-refractivity contribution is -0.384. The summed E-state index contributed by atoms with van der Waals surface area (Å²) in [6, 6.07) is 13.5. The number of hydrazone groups is 1. The highest BCUT2D eigenvalue weighted by Crippen LogP contribution is 2.24.